The first-order chi connectivity index (χ1) is 51.9. The van der Waals surface area contributed by atoms with Gasteiger partial charge in [0.15, 0.2) is 0 Å². The van der Waals surface area contributed by atoms with E-state index in [1.165, 1.54) is 36.5 Å². The number of carbonyl (C=O) groups excluding carboxylic acids is 2. The normalized spacial score (nSPS) is 11.6. The van der Waals surface area contributed by atoms with Crippen molar-refractivity contribution in [3.05, 3.63) is 282 Å². The Morgan fingerprint density at radius 2 is 0.725 bits per heavy atom. The standard InChI is InChI=1S/2C25H21ClN6O3S.C17H15N3O4S.C8H8ClN3/c2*1-14-6-17-7-15(9-23(36(27,34)35)24(17)29-12-14)8-19-10-16(4-5-28-19)25(33)30-13-22-20-11-18(26)2-3-21(20)31-32-22;1-10-4-13-5-11(6-14-8-12(17(21)22)2-3-19-14)7-15(25(18,23)24)16(13)20-9-10;9-5-1-2-7-6(3-5)8(4-10)12-11-7/h2*2-7,9-12H,8,13H2,1H3,(H,30,33)(H,31,32)(H2,27,34,35);2-5,7-9H,6H2,1H3,(H,21,22)(H2,18,23,24);1-3H,4,10H2,(H,11,12). The van der Waals surface area contributed by atoms with Gasteiger partial charge >= 0.3 is 5.97 Å². The third kappa shape index (κ3) is 18.9. The van der Waals surface area contributed by atoms with Crippen molar-refractivity contribution >= 4 is 148 Å². The highest BCUT2D eigenvalue weighted by Gasteiger charge is 2.22. The lowest BCUT2D eigenvalue weighted by molar-refractivity contribution is 0.0695. The average molecular weight is 1580 g/mol. The number of nitrogens with one attached hydrogen (secondary N) is 5. The first-order valence-electron chi connectivity index (χ1n) is 32.9. The molecule has 9 aromatic heterocycles. The number of nitrogens with two attached hydrogens (primary N) is 4. The zero-order chi connectivity index (χ0) is 77.6. The number of sulfonamides is 3. The van der Waals surface area contributed by atoms with Crippen LogP contribution in [-0.4, -0.2) is 109 Å². The summed E-state index contributed by atoms with van der Waals surface area (Å²) in [4.78, 5) is 62.2. The lowest BCUT2D eigenvalue weighted by atomic mass is 10.0. The largest absolute Gasteiger partial charge is 0.478 e. The van der Waals surface area contributed by atoms with Gasteiger partial charge in [-0.3, -0.25) is 54.8 Å². The monoisotopic (exact) mass is 1580 g/mol. The highest BCUT2D eigenvalue weighted by atomic mass is 35.5. The minimum atomic E-state index is -3.99. The van der Waals surface area contributed by atoms with Gasteiger partial charge in [0.1, 0.15) is 14.7 Å². The van der Waals surface area contributed by atoms with Gasteiger partial charge < -0.3 is 21.5 Å². The molecule has 554 valence electrons. The van der Waals surface area contributed by atoms with Crippen LogP contribution in [0.5, 0.6) is 0 Å². The Hall–Kier alpha value is -11.6. The van der Waals surface area contributed by atoms with Crippen molar-refractivity contribution in [1.29, 1.82) is 0 Å². The average Bonchev–Trinajstić information content (AvgIpc) is 1.78. The predicted molar refractivity (Wildman–Crippen MR) is 415 cm³/mol. The van der Waals surface area contributed by atoms with Gasteiger partial charge in [-0.15, -0.1) is 0 Å². The van der Waals surface area contributed by atoms with Gasteiger partial charge in [-0.2, -0.15) is 15.3 Å². The van der Waals surface area contributed by atoms with Crippen LogP contribution in [-0.2, 0) is 69.0 Å². The molecule has 0 aliphatic carbocycles. The van der Waals surface area contributed by atoms with Gasteiger partial charge in [-0.25, -0.2) is 45.5 Å². The van der Waals surface area contributed by atoms with Crippen LogP contribution in [0.25, 0.3) is 65.4 Å². The number of aromatic nitrogens is 12. The van der Waals surface area contributed by atoms with E-state index >= 15 is 0 Å². The van der Waals surface area contributed by atoms with Gasteiger partial charge in [0, 0.05) is 139 Å². The minimum Gasteiger partial charge on any atom is -0.478 e. The number of carboxylic acid groups (broad SMARTS) is 1. The molecule has 34 heteroatoms. The molecule has 0 saturated carbocycles. The fourth-order valence-electron chi connectivity index (χ4n) is 12.0. The molecular weight excluding hydrogens is 1520 g/mol. The number of H-pyrrole nitrogens is 3. The molecule has 0 fully saturated rings. The van der Waals surface area contributed by atoms with Gasteiger partial charge in [-0.1, -0.05) is 34.8 Å². The summed E-state index contributed by atoms with van der Waals surface area (Å²) in [6.07, 6.45) is 10.1. The number of amides is 2. The maximum atomic E-state index is 12.8. The molecule has 0 atom stereocenters. The topological polar surface area (TPSA) is 465 Å². The van der Waals surface area contributed by atoms with Crippen LogP contribution in [0.1, 0.15) is 98.6 Å². The number of nitrogens with zero attached hydrogens (tertiary/aromatic N) is 9. The van der Waals surface area contributed by atoms with Crippen molar-refractivity contribution in [3.63, 3.8) is 0 Å². The third-order valence-electron chi connectivity index (χ3n) is 17.0. The van der Waals surface area contributed by atoms with E-state index in [1.807, 2.05) is 69.3 Å². The predicted octanol–water partition coefficient (Wildman–Crippen LogP) is 10.8. The third-order valence-corrected chi connectivity index (χ3v) is 20.4. The summed E-state index contributed by atoms with van der Waals surface area (Å²) in [6.45, 7) is 6.54. The summed E-state index contributed by atoms with van der Waals surface area (Å²) in [6, 6.07) is 41.2. The highest BCUT2D eigenvalue weighted by Crippen LogP contribution is 2.30. The number of aryl methyl sites for hydroxylation is 3. The number of halogens is 3. The van der Waals surface area contributed by atoms with E-state index in [1.54, 1.807) is 97.7 Å². The number of primary sulfonamides is 3. The Morgan fingerprint density at radius 3 is 1.05 bits per heavy atom. The molecule has 0 bridgehead atoms. The molecule has 6 aromatic carbocycles. The zero-order valence-electron chi connectivity index (χ0n) is 57.9. The maximum Gasteiger partial charge on any atom is 0.335 e. The number of benzene rings is 6. The van der Waals surface area contributed by atoms with Crippen LogP contribution in [0.3, 0.4) is 0 Å². The number of aromatic carboxylic acids is 1. The molecule has 15 rings (SSSR count). The Morgan fingerprint density at radius 1 is 0.413 bits per heavy atom. The molecule has 0 spiro atoms. The molecule has 9 heterocycles. The Kier molecular flexibility index (Phi) is 22.9. The zero-order valence-corrected chi connectivity index (χ0v) is 62.6. The van der Waals surface area contributed by atoms with Crippen molar-refractivity contribution < 1.29 is 44.7 Å². The second-order valence-electron chi connectivity index (χ2n) is 25.3. The number of rotatable bonds is 17. The van der Waals surface area contributed by atoms with E-state index in [4.69, 9.17) is 61.1 Å². The van der Waals surface area contributed by atoms with Crippen molar-refractivity contribution in [2.45, 2.75) is 74.4 Å². The van der Waals surface area contributed by atoms with Crippen LogP contribution < -0.4 is 31.8 Å². The second-order valence-corrected chi connectivity index (χ2v) is 31.2. The van der Waals surface area contributed by atoms with Crippen LogP contribution >= 0.6 is 34.8 Å². The molecule has 2 amide bonds. The summed E-state index contributed by atoms with van der Waals surface area (Å²) in [5.41, 5.74) is 18.6. The second kappa shape index (κ2) is 32.4. The first kappa shape index (κ1) is 77.0. The molecule has 28 nitrogen and oxygen atoms in total. The SMILES string of the molecule is Cc1cnc2c(S(N)(=O)=O)cc(Cc3cc(C(=O)NCc4[nH]nc5ccc(Cl)cc45)ccn3)cc2c1.Cc1cnc2c(S(N)(=O)=O)cc(Cc3cc(C(=O)NCc4[nH]nc5ccc(Cl)cc45)ccn3)cc2c1.Cc1cnc2c(S(N)(=O)=O)cc(Cc3cc(C(=O)O)ccn3)cc2c1.NCc1[nH]nc2ccc(Cl)cc12. The summed E-state index contributed by atoms with van der Waals surface area (Å²) >= 11 is 18.0. The van der Waals surface area contributed by atoms with E-state index in [0.717, 1.165) is 66.5 Å². The van der Waals surface area contributed by atoms with Crippen LogP contribution in [0.2, 0.25) is 15.1 Å². The Bertz CT molecular complexity index is 6210. The molecule has 109 heavy (non-hydrogen) atoms. The van der Waals surface area contributed by atoms with Crippen molar-refractivity contribution in [2.24, 2.45) is 21.2 Å². The van der Waals surface area contributed by atoms with E-state index < -0.39 is 36.0 Å². The fourth-order valence-corrected chi connectivity index (χ4v) is 14.7. The van der Waals surface area contributed by atoms with E-state index in [-0.39, 0.29) is 51.6 Å². The number of hydrogen-bond acceptors (Lipinski definition) is 19. The van der Waals surface area contributed by atoms with E-state index in [2.05, 4.69) is 71.1 Å². The van der Waals surface area contributed by atoms with Gasteiger partial charge in [0.05, 0.1) is 68.8 Å². The molecule has 0 radical (unpaired) electrons. The van der Waals surface area contributed by atoms with Crippen molar-refractivity contribution in [1.82, 2.24) is 71.1 Å². The first-order valence-corrected chi connectivity index (χ1v) is 38.6. The van der Waals surface area contributed by atoms with Crippen LogP contribution in [0.15, 0.2) is 197 Å². The number of pyridine rings is 6. The molecule has 0 saturated heterocycles. The number of carboxylic acids is 1. The summed E-state index contributed by atoms with van der Waals surface area (Å²) in [5.74, 6) is -1.62. The number of aromatic amines is 3. The van der Waals surface area contributed by atoms with Crippen molar-refractivity contribution in [3.8, 4) is 0 Å². The minimum absolute atomic E-state index is 0.0456. The fraction of sp³-hybridized carbons (Fsp3) is 0.120. The number of fused-ring (bicyclic) bond motifs is 6. The Labute approximate surface area is 637 Å². The summed E-state index contributed by atoms with van der Waals surface area (Å²) < 4.78 is 72.7. The van der Waals surface area contributed by atoms with E-state index in [9.17, 15) is 39.6 Å². The van der Waals surface area contributed by atoms with Gasteiger partial charge in [-0.05, 0) is 200 Å². The quantitative estimate of drug-likeness (QED) is 0.0405. The lowest BCUT2D eigenvalue weighted by Gasteiger charge is -2.10. The van der Waals surface area contributed by atoms with Gasteiger partial charge in [0.2, 0.25) is 30.1 Å². The van der Waals surface area contributed by atoms with Crippen LogP contribution in [0.4, 0.5) is 0 Å². The molecule has 15 aromatic rings. The smallest absolute Gasteiger partial charge is 0.335 e. The molecule has 14 N–H and O–H groups in total. The molecular formula is C75H65Cl3N18O10S3. The molecule has 0 unspecified atom stereocenters. The van der Waals surface area contributed by atoms with Crippen molar-refractivity contribution in [2.75, 3.05) is 0 Å². The number of hydrogen-bond donors (Lipinski definition) is 10. The van der Waals surface area contributed by atoms with Gasteiger partial charge in [0.25, 0.3) is 11.8 Å². The lowest BCUT2D eigenvalue weighted by Crippen LogP contribution is -2.23. The summed E-state index contributed by atoms with van der Waals surface area (Å²) in [7, 11) is -11.9. The Balaban J connectivity index is 0.000000143. The number of carbonyl (C=O) groups is 3. The summed E-state index contributed by atoms with van der Waals surface area (Å²) in [5, 5.41) is 58.8. The van der Waals surface area contributed by atoms with Crippen LogP contribution in [0, 0.1) is 20.8 Å². The molecule has 0 aliphatic heterocycles. The van der Waals surface area contributed by atoms with E-state index in [0.29, 0.717) is 112 Å². The molecule has 0 aliphatic rings. The maximum absolute atomic E-state index is 12.8. The highest BCUT2D eigenvalue weighted by molar-refractivity contribution is 7.90.